The van der Waals surface area contributed by atoms with Gasteiger partial charge in [-0.15, -0.1) is 0 Å². The van der Waals surface area contributed by atoms with Gasteiger partial charge in [-0.2, -0.15) is 0 Å². The van der Waals surface area contributed by atoms with Crippen LogP contribution in [-0.2, 0) is 9.47 Å². The number of aromatic nitrogens is 1. The van der Waals surface area contributed by atoms with E-state index in [4.69, 9.17) is 9.47 Å². The van der Waals surface area contributed by atoms with Gasteiger partial charge in [0.1, 0.15) is 11.4 Å². The van der Waals surface area contributed by atoms with Crippen LogP contribution in [0.2, 0.25) is 0 Å². The van der Waals surface area contributed by atoms with Crippen LogP contribution >= 0.6 is 0 Å². The molecule has 0 amide bonds. The largest absolute Gasteiger partial charge is 0.478 e. The molecule has 0 aliphatic rings. The molecule has 0 saturated heterocycles. The second kappa shape index (κ2) is 7.95. The van der Waals surface area contributed by atoms with Gasteiger partial charge in [0.25, 0.3) is 0 Å². The number of carboxylic acid groups (broad SMARTS) is 1. The second-order valence-corrected chi connectivity index (χ2v) is 5.07. The van der Waals surface area contributed by atoms with Crippen LogP contribution in [0.4, 0.5) is 5.82 Å². The molecule has 1 aromatic rings. The molecular weight excluding hydrogens is 272 g/mol. The molecule has 0 bridgehead atoms. The number of anilines is 1. The van der Waals surface area contributed by atoms with Crippen LogP contribution in [0.1, 0.15) is 28.5 Å². The number of methoxy groups -OCH3 is 2. The standard InChI is InChI=1S/C15H24N2O4/c1-10-8-11(2)16-14(13(10)15(18)19)17(6-7-20-4)12(3)9-21-5/h8,12H,6-7,9H2,1-5H3,(H,18,19). The van der Waals surface area contributed by atoms with Crippen molar-refractivity contribution in [1.82, 2.24) is 4.98 Å². The number of aromatic carboxylic acids is 1. The maximum Gasteiger partial charge on any atom is 0.339 e. The van der Waals surface area contributed by atoms with Gasteiger partial charge < -0.3 is 19.5 Å². The Hall–Kier alpha value is -1.66. The molecule has 0 aromatic carbocycles. The van der Waals surface area contributed by atoms with Gasteiger partial charge in [-0.25, -0.2) is 9.78 Å². The number of hydrogen-bond acceptors (Lipinski definition) is 5. The molecule has 118 valence electrons. The van der Waals surface area contributed by atoms with Crippen LogP contribution in [0.15, 0.2) is 6.07 Å². The lowest BCUT2D eigenvalue weighted by Gasteiger charge is -2.31. The van der Waals surface area contributed by atoms with Crippen molar-refractivity contribution in [2.75, 3.05) is 38.9 Å². The van der Waals surface area contributed by atoms with Crippen molar-refractivity contribution in [2.24, 2.45) is 0 Å². The molecule has 1 heterocycles. The highest BCUT2D eigenvalue weighted by molar-refractivity contribution is 5.95. The van der Waals surface area contributed by atoms with Gasteiger partial charge in [0.2, 0.25) is 0 Å². The smallest absolute Gasteiger partial charge is 0.339 e. The summed E-state index contributed by atoms with van der Waals surface area (Å²) in [6.45, 7) is 7.15. The predicted molar refractivity (Wildman–Crippen MR) is 81.2 cm³/mol. The molecule has 1 unspecified atom stereocenters. The van der Waals surface area contributed by atoms with E-state index in [9.17, 15) is 9.90 Å². The SMILES string of the molecule is COCCN(c1nc(C)cc(C)c1C(=O)O)C(C)COC. The first-order chi connectivity index (χ1) is 9.92. The number of hydrogen-bond donors (Lipinski definition) is 1. The normalized spacial score (nSPS) is 12.2. The Labute approximate surface area is 125 Å². The highest BCUT2D eigenvalue weighted by atomic mass is 16.5. The molecule has 0 aliphatic heterocycles. The molecule has 0 fully saturated rings. The van der Waals surface area contributed by atoms with Gasteiger partial charge in [-0.3, -0.25) is 0 Å². The van der Waals surface area contributed by atoms with Crippen molar-refractivity contribution < 1.29 is 19.4 Å². The lowest BCUT2D eigenvalue weighted by atomic mass is 10.1. The molecule has 1 N–H and O–H groups in total. The first-order valence-electron chi connectivity index (χ1n) is 6.88. The second-order valence-electron chi connectivity index (χ2n) is 5.07. The molecule has 0 radical (unpaired) electrons. The minimum Gasteiger partial charge on any atom is -0.478 e. The molecule has 0 saturated carbocycles. The van der Waals surface area contributed by atoms with E-state index in [2.05, 4.69) is 4.98 Å². The van der Waals surface area contributed by atoms with E-state index in [1.165, 1.54) is 0 Å². The van der Waals surface area contributed by atoms with Crippen LogP contribution in [0.5, 0.6) is 0 Å². The Morgan fingerprint density at radius 2 is 2.05 bits per heavy atom. The van der Waals surface area contributed by atoms with Crippen molar-refractivity contribution in [3.63, 3.8) is 0 Å². The molecule has 1 rings (SSSR count). The minimum absolute atomic E-state index is 0.00282. The average Bonchev–Trinajstić information content (AvgIpc) is 2.38. The third kappa shape index (κ3) is 4.41. The van der Waals surface area contributed by atoms with Crippen LogP contribution in [-0.4, -0.2) is 56.1 Å². The van der Waals surface area contributed by atoms with E-state index in [0.29, 0.717) is 31.1 Å². The summed E-state index contributed by atoms with van der Waals surface area (Å²) in [5, 5.41) is 9.49. The number of carboxylic acids is 1. The Morgan fingerprint density at radius 1 is 1.38 bits per heavy atom. The van der Waals surface area contributed by atoms with Gasteiger partial charge in [-0.1, -0.05) is 0 Å². The van der Waals surface area contributed by atoms with Gasteiger partial charge in [-0.05, 0) is 32.4 Å². The maximum absolute atomic E-state index is 11.6. The fourth-order valence-corrected chi connectivity index (χ4v) is 2.35. The first kappa shape index (κ1) is 17.4. The monoisotopic (exact) mass is 296 g/mol. The van der Waals surface area contributed by atoms with Crippen molar-refractivity contribution in [2.45, 2.75) is 26.8 Å². The van der Waals surface area contributed by atoms with E-state index in [1.54, 1.807) is 27.2 Å². The molecular formula is C15H24N2O4. The summed E-state index contributed by atoms with van der Waals surface area (Å²) < 4.78 is 10.3. The van der Waals surface area contributed by atoms with Gasteiger partial charge in [0, 0.05) is 26.5 Å². The third-order valence-electron chi connectivity index (χ3n) is 3.29. The van der Waals surface area contributed by atoms with Crippen molar-refractivity contribution in [1.29, 1.82) is 0 Å². The number of nitrogens with zero attached hydrogens (tertiary/aromatic N) is 2. The maximum atomic E-state index is 11.6. The van der Waals surface area contributed by atoms with Gasteiger partial charge in [0.05, 0.1) is 19.3 Å². The van der Waals surface area contributed by atoms with Gasteiger partial charge in [0.15, 0.2) is 0 Å². The van der Waals surface area contributed by atoms with Crippen LogP contribution < -0.4 is 4.90 Å². The Morgan fingerprint density at radius 3 is 2.57 bits per heavy atom. The number of ether oxygens (including phenoxy) is 2. The summed E-state index contributed by atoms with van der Waals surface area (Å²) in [5.41, 5.74) is 1.73. The molecule has 1 aromatic heterocycles. The van der Waals surface area contributed by atoms with Crippen LogP contribution in [0.3, 0.4) is 0 Å². The van der Waals surface area contributed by atoms with E-state index in [-0.39, 0.29) is 11.6 Å². The summed E-state index contributed by atoms with van der Waals surface area (Å²) in [7, 11) is 3.24. The highest BCUT2D eigenvalue weighted by Crippen LogP contribution is 2.24. The molecule has 0 spiro atoms. The van der Waals surface area contributed by atoms with Crippen molar-refractivity contribution >= 4 is 11.8 Å². The first-order valence-corrected chi connectivity index (χ1v) is 6.88. The van der Waals surface area contributed by atoms with E-state index >= 15 is 0 Å². The summed E-state index contributed by atoms with van der Waals surface area (Å²) in [6.07, 6.45) is 0. The fourth-order valence-electron chi connectivity index (χ4n) is 2.35. The molecule has 6 nitrogen and oxygen atoms in total. The van der Waals surface area contributed by atoms with E-state index in [0.717, 1.165) is 5.69 Å². The number of aryl methyl sites for hydroxylation is 2. The lowest BCUT2D eigenvalue weighted by molar-refractivity contribution is 0.0696. The minimum atomic E-state index is -0.970. The Bertz CT molecular complexity index is 491. The van der Waals surface area contributed by atoms with E-state index in [1.807, 2.05) is 18.7 Å². The highest BCUT2D eigenvalue weighted by Gasteiger charge is 2.24. The number of rotatable bonds is 8. The summed E-state index contributed by atoms with van der Waals surface area (Å²) in [6, 6.07) is 1.78. The summed E-state index contributed by atoms with van der Waals surface area (Å²) in [4.78, 5) is 18.0. The molecule has 21 heavy (non-hydrogen) atoms. The zero-order valence-corrected chi connectivity index (χ0v) is 13.3. The lowest BCUT2D eigenvalue weighted by Crippen LogP contribution is -2.40. The fraction of sp³-hybridized carbons (Fsp3) is 0.600. The van der Waals surface area contributed by atoms with Crippen molar-refractivity contribution in [3.05, 3.63) is 22.9 Å². The summed E-state index contributed by atoms with van der Waals surface area (Å²) >= 11 is 0. The third-order valence-corrected chi connectivity index (χ3v) is 3.29. The van der Waals surface area contributed by atoms with Crippen LogP contribution in [0, 0.1) is 13.8 Å². The molecule has 0 aliphatic carbocycles. The zero-order valence-electron chi connectivity index (χ0n) is 13.3. The predicted octanol–water partition coefficient (Wildman–Crippen LogP) is 1.88. The average molecular weight is 296 g/mol. The van der Waals surface area contributed by atoms with E-state index < -0.39 is 5.97 Å². The zero-order chi connectivity index (χ0) is 16.0. The Kier molecular flexibility index (Phi) is 6.58. The summed E-state index contributed by atoms with van der Waals surface area (Å²) in [5.74, 6) is -0.497. The molecule has 1 atom stereocenters. The van der Waals surface area contributed by atoms with Crippen LogP contribution in [0.25, 0.3) is 0 Å². The topological polar surface area (TPSA) is 71.9 Å². The molecule has 6 heteroatoms. The van der Waals surface area contributed by atoms with Gasteiger partial charge >= 0.3 is 5.97 Å². The quantitative estimate of drug-likeness (QED) is 0.790. The van der Waals surface area contributed by atoms with Crippen molar-refractivity contribution in [3.8, 4) is 0 Å². The number of pyridine rings is 1. The Balaban J connectivity index is 3.30. The number of carbonyl (C=O) groups is 1.